The molecule has 4 heteroatoms. The van der Waals surface area contributed by atoms with Crippen molar-refractivity contribution in [2.45, 2.75) is 19.8 Å². The number of hydrogen-bond acceptors (Lipinski definition) is 4. The largest absolute Gasteiger partial charge is 0.330 e. The van der Waals surface area contributed by atoms with Crippen molar-refractivity contribution in [3.63, 3.8) is 0 Å². The van der Waals surface area contributed by atoms with Crippen LogP contribution in [-0.4, -0.2) is 4.98 Å². The number of benzene rings is 1. The van der Waals surface area contributed by atoms with Gasteiger partial charge in [-0.15, -0.1) is 11.3 Å². The molecule has 0 amide bonds. The number of para-hydroxylation sites is 1. The van der Waals surface area contributed by atoms with Crippen molar-refractivity contribution in [1.29, 1.82) is 5.26 Å². The van der Waals surface area contributed by atoms with Gasteiger partial charge in [0.1, 0.15) is 6.07 Å². The van der Waals surface area contributed by atoms with E-state index >= 15 is 0 Å². The van der Waals surface area contributed by atoms with Gasteiger partial charge in [-0.05, 0) is 18.1 Å². The van der Waals surface area contributed by atoms with Crippen molar-refractivity contribution in [3.05, 3.63) is 40.9 Å². The van der Waals surface area contributed by atoms with E-state index < -0.39 is 0 Å². The maximum absolute atomic E-state index is 8.98. The standard InChI is InChI=1S/C13H13N3S/c1-9(2)12-8-17-13(16-12)15-11-6-4-3-5-10(11)7-14/h3-6,8-9H,1-2H3,(H,15,16). The number of nitriles is 1. The molecule has 1 N–H and O–H groups in total. The molecule has 0 bridgehead atoms. The topological polar surface area (TPSA) is 48.7 Å². The molecule has 0 aliphatic carbocycles. The molecule has 1 heterocycles. The predicted molar refractivity (Wildman–Crippen MR) is 70.6 cm³/mol. The van der Waals surface area contributed by atoms with Crippen molar-refractivity contribution >= 4 is 22.2 Å². The molecule has 2 rings (SSSR count). The Morgan fingerprint density at radius 3 is 2.76 bits per heavy atom. The van der Waals surface area contributed by atoms with Gasteiger partial charge in [0.25, 0.3) is 0 Å². The van der Waals surface area contributed by atoms with Crippen LogP contribution in [0.3, 0.4) is 0 Å². The fraction of sp³-hybridized carbons (Fsp3) is 0.231. The Bertz CT molecular complexity index is 552. The van der Waals surface area contributed by atoms with Gasteiger partial charge < -0.3 is 5.32 Å². The van der Waals surface area contributed by atoms with Gasteiger partial charge in [-0.2, -0.15) is 5.26 Å². The first-order valence-corrected chi connectivity index (χ1v) is 6.30. The molecule has 0 atom stereocenters. The van der Waals surface area contributed by atoms with E-state index in [-0.39, 0.29) is 0 Å². The molecule has 17 heavy (non-hydrogen) atoms. The zero-order valence-electron chi connectivity index (χ0n) is 9.77. The van der Waals surface area contributed by atoms with Crippen LogP contribution in [0.5, 0.6) is 0 Å². The quantitative estimate of drug-likeness (QED) is 0.889. The first-order valence-electron chi connectivity index (χ1n) is 5.42. The van der Waals surface area contributed by atoms with Crippen molar-refractivity contribution in [1.82, 2.24) is 4.98 Å². The molecule has 1 aromatic heterocycles. The summed E-state index contributed by atoms with van der Waals surface area (Å²) in [7, 11) is 0. The minimum atomic E-state index is 0.424. The number of rotatable bonds is 3. The summed E-state index contributed by atoms with van der Waals surface area (Å²) >= 11 is 1.56. The van der Waals surface area contributed by atoms with Crippen LogP contribution in [0.25, 0.3) is 0 Å². The van der Waals surface area contributed by atoms with E-state index in [2.05, 4.69) is 30.2 Å². The van der Waals surface area contributed by atoms with E-state index in [0.29, 0.717) is 11.5 Å². The molecule has 3 nitrogen and oxygen atoms in total. The molecule has 0 radical (unpaired) electrons. The number of nitrogens with one attached hydrogen (secondary N) is 1. The van der Waals surface area contributed by atoms with E-state index in [4.69, 9.17) is 5.26 Å². The van der Waals surface area contributed by atoms with Crippen LogP contribution >= 0.6 is 11.3 Å². The molecule has 0 saturated carbocycles. The van der Waals surface area contributed by atoms with Gasteiger partial charge in [0.15, 0.2) is 5.13 Å². The highest BCUT2D eigenvalue weighted by Crippen LogP contribution is 2.25. The maximum Gasteiger partial charge on any atom is 0.187 e. The lowest BCUT2D eigenvalue weighted by atomic mass is 10.2. The van der Waals surface area contributed by atoms with Gasteiger partial charge in [0, 0.05) is 5.38 Å². The number of hydrogen-bond donors (Lipinski definition) is 1. The Morgan fingerprint density at radius 2 is 2.12 bits per heavy atom. The van der Waals surface area contributed by atoms with Gasteiger partial charge in [-0.25, -0.2) is 4.98 Å². The summed E-state index contributed by atoms with van der Waals surface area (Å²) in [6.07, 6.45) is 0. The van der Waals surface area contributed by atoms with Crippen molar-refractivity contribution in [2.24, 2.45) is 0 Å². The van der Waals surface area contributed by atoms with Gasteiger partial charge >= 0.3 is 0 Å². The summed E-state index contributed by atoms with van der Waals surface area (Å²) in [6, 6.07) is 9.59. The van der Waals surface area contributed by atoms with Crippen LogP contribution in [0.4, 0.5) is 10.8 Å². The average molecular weight is 243 g/mol. The molecular weight excluding hydrogens is 230 g/mol. The Balaban J connectivity index is 2.23. The molecule has 0 aliphatic heterocycles. The van der Waals surface area contributed by atoms with Gasteiger partial charge in [0.2, 0.25) is 0 Å². The average Bonchev–Trinajstić information content (AvgIpc) is 2.78. The summed E-state index contributed by atoms with van der Waals surface area (Å²) in [5.74, 6) is 0.424. The van der Waals surface area contributed by atoms with E-state index in [1.807, 2.05) is 23.6 Å². The molecule has 2 aromatic rings. The number of thiazole rings is 1. The zero-order valence-corrected chi connectivity index (χ0v) is 10.6. The second-order valence-electron chi connectivity index (χ2n) is 4.01. The summed E-state index contributed by atoms with van der Waals surface area (Å²) in [5.41, 5.74) is 2.51. The smallest absolute Gasteiger partial charge is 0.187 e. The first-order chi connectivity index (χ1) is 8.20. The maximum atomic E-state index is 8.98. The normalized spacial score (nSPS) is 10.2. The monoisotopic (exact) mass is 243 g/mol. The van der Waals surface area contributed by atoms with Crippen molar-refractivity contribution in [2.75, 3.05) is 5.32 Å². The van der Waals surface area contributed by atoms with Gasteiger partial charge in [-0.1, -0.05) is 26.0 Å². The molecule has 1 aromatic carbocycles. The molecule has 0 saturated heterocycles. The lowest BCUT2D eigenvalue weighted by molar-refractivity contribution is 0.834. The first kappa shape index (κ1) is 11.6. The van der Waals surface area contributed by atoms with Gasteiger partial charge in [0.05, 0.1) is 16.9 Å². The summed E-state index contributed by atoms with van der Waals surface area (Å²) < 4.78 is 0. The lowest BCUT2D eigenvalue weighted by Crippen LogP contribution is -1.94. The highest BCUT2D eigenvalue weighted by atomic mass is 32.1. The number of anilines is 2. The Labute approximate surface area is 105 Å². The Hall–Kier alpha value is -1.86. The second kappa shape index (κ2) is 4.98. The molecule has 0 unspecified atom stereocenters. The van der Waals surface area contributed by atoms with Crippen LogP contribution < -0.4 is 5.32 Å². The zero-order chi connectivity index (χ0) is 12.3. The van der Waals surface area contributed by atoms with E-state index in [1.54, 1.807) is 17.4 Å². The van der Waals surface area contributed by atoms with Crippen LogP contribution in [-0.2, 0) is 0 Å². The van der Waals surface area contributed by atoms with E-state index in [9.17, 15) is 0 Å². The minimum Gasteiger partial charge on any atom is -0.330 e. The molecule has 0 fully saturated rings. The highest BCUT2D eigenvalue weighted by molar-refractivity contribution is 7.13. The summed E-state index contributed by atoms with van der Waals surface area (Å²) in [6.45, 7) is 4.23. The summed E-state index contributed by atoms with van der Waals surface area (Å²) in [5, 5.41) is 15.0. The molecule has 86 valence electrons. The van der Waals surface area contributed by atoms with Crippen LogP contribution in [0, 0.1) is 11.3 Å². The Kier molecular flexibility index (Phi) is 3.40. The third-order valence-corrected chi connectivity index (χ3v) is 3.18. The molecule has 0 spiro atoms. The second-order valence-corrected chi connectivity index (χ2v) is 4.87. The molecular formula is C13H13N3S. The number of aromatic nitrogens is 1. The van der Waals surface area contributed by atoms with Crippen molar-refractivity contribution in [3.8, 4) is 6.07 Å². The fourth-order valence-electron chi connectivity index (χ4n) is 1.41. The van der Waals surface area contributed by atoms with E-state index in [1.165, 1.54) is 0 Å². The fourth-order valence-corrected chi connectivity index (χ4v) is 2.30. The predicted octanol–water partition coefficient (Wildman–Crippen LogP) is 3.88. The van der Waals surface area contributed by atoms with Gasteiger partial charge in [-0.3, -0.25) is 0 Å². The number of nitrogens with zero attached hydrogens (tertiary/aromatic N) is 2. The highest BCUT2D eigenvalue weighted by Gasteiger charge is 2.07. The molecule has 0 aliphatic rings. The lowest BCUT2D eigenvalue weighted by Gasteiger charge is -2.04. The van der Waals surface area contributed by atoms with Crippen molar-refractivity contribution < 1.29 is 0 Å². The van der Waals surface area contributed by atoms with E-state index in [0.717, 1.165) is 16.5 Å². The van der Waals surface area contributed by atoms with Crippen LogP contribution in [0.2, 0.25) is 0 Å². The Morgan fingerprint density at radius 1 is 1.35 bits per heavy atom. The minimum absolute atomic E-state index is 0.424. The van der Waals surface area contributed by atoms with Crippen LogP contribution in [0.15, 0.2) is 29.6 Å². The third kappa shape index (κ3) is 2.63. The summed E-state index contributed by atoms with van der Waals surface area (Å²) in [4.78, 5) is 4.48. The third-order valence-electron chi connectivity index (χ3n) is 2.40. The SMILES string of the molecule is CC(C)c1csc(Nc2ccccc2C#N)n1. The van der Waals surface area contributed by atoms with Crippen LogP contribution in [0.1, 0.15) is 31.0 Å².